The van der Waals surface area contributed by atoms with Gasteiger partial charge in [0.1, 0.15) is 5.60 Å². The number of hydrogen-bond donors (Lipinski definition) is 0. The van der Waals surface area contributed by atoms with E-state index >= 15 is 0 Å². The molecule has 1 amide bonds. The molecule has 1 heterocycles. The van der Waals surface area contributed by atoms with Crippen LogP contribution in [-0.4, -0.2) is 54.7 Å². The number of rotatable bonds is 1. The Labute approximate surface area is 111 Å². The molecule has 106 valence electrons. The van der Waals surface area contributed by atoms with Gasteiger partial charge in [0.2, 0.25) is 0 Å². The first-order chi connectivity index (χ1) is 8.03. The van der Waals surface area contributed by atoms with E-state index in [2.05, 4.69) is 32.8 Å². The van der Waals surface area contributed by atoms with Crippen LogP contribution in [0.2, 0.25) is 0 Å². The molecule has 0 aromatic rings. The third kappa shape index (κ3) is 3.87. The lowest BCUT2D eigenvalue weighted by Gasteiger charge is -2.47. The number of hydrogen-bond acceptors (Lipinski definition) is 3. The summed E-state index contributed by atoms with van der Waals surface area (Å²) in [6.07, 6.45) is 0.812. The van der Waals surface area contributed by atoms with Crippen LogP contribution < -0.4 is 0 Å². The van der Waals surface area contributed by atoms with Crippen molar-refractivity contribution in [2.75, 3.05) is 27.2 Å². The van der Waals surface area contributed by atoms with Crippen LogP contribution in [0.5, 0.6) is 0 Å². The average molecular weight is 256 g/mol. The van der Waals surface area contributed by atoms with E-state index in [1.54, 1.807) is 0 Å². The maximum atomic E-state index is 12.1. The lowest BCUT2D eigenvalue weighted by molar-refractivity contribution is -0.0109. The molecule has 0 radical (unpaired) electrons. The van der Waals surface area contributed by atoms with E-state index in [-0.39, 0.29) is 11.5 Å². The zero-order chi connectivity index (χ0) is 14.1. The summed E-state index contributed by atoms with van der Waals surface area (Å²) in [5, 5.41) is 0. The predicted octanol–water partition coefficient (Wildman–Crippen LogP) is 2.58. The molecule has 4 nitrogen and oxygen atoms in total. The van der Waals surface area contributed by atoms with E-state index in [4.69, 9.17) is 4.74 Å². The van der Waals surface area contributed by atoms with Crippen LogP contribution in [-0.2, 0) is 4.74 Å². The molecule has 0 spiro atoms. The molecule has 1 aliphatic heterocycles. The summed E-state index contributed by atoms with van der Waals surface area (Å²) < 4.78 is 5.44. The van der Waals surface area contributed by atoms with Crippen molar-refractivity contribution in [3.8, 4) is 0 Å². The first-order valence-corrected chi connectivity index (χ1v) is 6.67. The minimum absolute atomic E-state index is 0.0959. The Morgan fingerprint density at radius 3 is 2.28 bits per heavy atom. The lowest BCUT2D eigenvalue weighted by Crippen LogP contribution is -2.55. The highest BCUT2D eigenvalue weighted by molar-refractivity contribution is 5.68. The molecule has 0 aromatic heterocycles. The molecule has 0 N–H and O–H groups in total. The first-order valence-electron chi connectivity index (χ1n) is 6.67. The van der Waals surface area contributed by atoms with Crippen LogP contribution in [0.25, 0.3) is 0 Å². The molecule has 0 bridgehead atoms. The van der Waals surface area contributed by atoms with Gasteiger partial charge in [-0.1, -0.05) is 13.8 Å². The smallest absolute Gasteiger partial charge is 0.410 e. The summed E-state index contributed by atoms with van der Waals surface area (Å²) >= 11 is 0. The SMILES string of the molecule is CN(C)[C@H]1CCN(C(=O)OC(C)(C)C)CC1(C)C. The van der Waals surface area contributed by atoms with Crippen molar-refractivity contribution in [1.82, 2.24) is 9.80 Å². The quantitative estimate of drug-likeness (QED) is 0.723. The van der Waals surface area contributed by atoms with Crippen molar-refractivity contribution >= 4 is 6.09 Å². The number of likely N-dealkylation sites (tertiary alicyclic amines) is 1. The predicted molar refractivity (Wildman–Crippen MR) is 73.7 cm³/mol. The second kappa shape index (κ2) is 5.08. The van der Waals surface area contributed by atoms with Gasteiger partial charge in [-0.2, -0.15) is 0 Å². The largest absolute Gasteiger partial charge is 0.444 e. The molecule has 0 saturated carbocycles. The van der Waals surface area contributed by atoms with Crippen molar-refractivity contribution in [2.45, 2.75) is 52.7 Å². The molecule has 4 heteroatoms. The van der Waals surface area contributed by atoms with Crippen molar-refractivity contribution in [1.29, 1.82) is 0 Å². The summed E-state index contributed by atoms with van der Waals surface area (Å²) in [6, 6.07) is 0.510. The number of piperidine rings is 1. The van der Waals surface area contributed by atoms with Crippen LogP contribution >= 0.6 is 0 Å². The van der Waals surface area contributed by atoms with Gasteiger partial charge in [0, 0.05) is 19.1 Å². The van der Waals surface area contributed by atoms with E-state index in [1.165, 1.54) is 0 Å². The van der Waals surface area contributed by atoms with Crippen LogP contribution in [0.4, 0.5) is 4.79 Å². The van der Waals surface area contributed by atoms with Crippen LogP contribution in [0.3, 0.4) is 0 Å². The number of carbonyl (C=O) groups is 1. The zero-order valence-corrected chi connectivity index (χ0v) is 12.9. The Balaban J connectivity index is 2.66. The van der Waals surface area contributed by atoms with E-state index in [0.29, 0.717) is 6.04 Å². The minimum atomic E-state index is -0.417. The summed E-state index contributed by atoms with van der Waals surface area (Å²) in [7, 11) is 4.21. The van der Waals surface area contributed by atoms with Gasteiger partial charge in [0.15, 0.2) is 0 Å². The van der Waals surface area contributed by atoms with Gasteiger partial charge >= 0.3 is 6.09 Å². The second-order valence-corrected chi connectivity index (χ2v) is 7.16. The molecule has 0 unspecified atom stereocenters. The Kier molecular flexibility index (Phi) is 4.31. The molecular formula is C14H28N2O2. The number of carbonyl (C=O) groups excluding carboxylic acids is 1. The van der Waals surface area contributed by atoms with Crippen LogP contribution in [0.1, 0.15) is 41.0 Å². The Bertz CT molecular complexity index is 305. The fourth-order valence-corrected chi connectivity index (χ4v) is 2.78. The average Bonchev–Trinajstić information content (AvgIpc) is 2.12. The van der Waals surface area contributed by atoms with Gasteiger partial charge in [-0.3, -0.25) is 0 Å². The lowest BCUT2D eigenvalue weighted by atomic mass is 9.78. The van der Waals surface area contributed by atoms with Gasteiger partial charge in [-0.15, -0.1) is 0 Å². The standard InChI is InChI=1S/C14H28N2O2/c1-13(2,3)18-12(17)16-9-8-11(15(6)7)14(4,5)10-16/h11H,8-10H2,1-7H3/t11-/m0/s1. The molecular weight excluding hydrogens is 228 g/mol. The molecule has 1 aliphatic rings. The fraction of sp³-hybridized carbons (Fsp3) is 0.929. The molecule has 1 rings (SSSR count). The van der Waals surface area contributed by atoms with Crippen molar-refractivity contribution in [3.05, 3.63) is 0 Å². The highest BCUT2D eigenvalue weighted by Crippen LogP contribution is 2.32. The molecule has 0 aromatic carbocycles. The summed E-state index contributed by atoms with van der Waals surface area (Å²) in [4.78, 5) is 16.2. The number of nitrogens with zero attached hydrogens (tertiary/aromatic N) is 2. The minimum Gasteiger partial charge on any atom is -0.444 e. The molecule has 1 fully saturated rings. The van der Waals surface area contributed by atoms with Gasteiger partial charge in [0.05, 0.1) is 0 Å². The fourth-order valence-electron chi connectivity index (χ4n) is 2.78. The molecule has 18 heavy (non-hydrogen) atoms. The second-order valence-electron chi connectivity index (χ2n) is 7.16. The topological polar surface area (TPSA) is 32.8 Å². The monoisotopic (exact) mass is 256 g/mol. The maximum absolute atomic E-state index is 12.1. The third-order valence-electron chi connectivity index (χ3n) is 3.45. The van der Waals surface area contributed by atoms with Gasteiger partial charge in [-0.05, 0) is 46.7 Å². The van der Waals surface area contributed by atoms with E-state index in [9.17, 15) is 4.79 Å². The summed E-state index contributed by atoms with van der Waals surface area (Å²) in [6.45, 7) is 11.7. The Hall–Kier alpha value is -0.770. The van der Waals surface area contributed by atoms with Gasteiger partial charge in [0.25, 0.3) is 0 Å². The number of amides is 1. The van der Waals surface area contributed by atoms with Gasteiger partial charge < -0.3 is 14.5 Å². The van der Waals surface area contributed by atoms with E-state index in [1.807, 2.05) is 25.7 Å². The Morgan fingerprint density at radius 2 is 1.89 bits per heavy atom. The van der Waals surface area contributed by atoms with Crippen LogP contribution in [0, 0.1) is 5.41 Å². The molecule has 1 atom stereocenters. The molecule has 0 aliphatic carbocycles. The third-order valence-corrected chi connectivity index (χ3v) is 3.45. The highest BCUT2D eigenvalue weighted by Gasteiger charge is 2.39. The zero-order valence-electron chi connectivity index (χ0n) is 12.9. The summed E-state index contributed by atoms with van der Waals surface area (Å²) in [5.41, 5.74) is -0.321. The highest BCUT2D eigenvalue weighted by atomic mass is 16.6. The molecule has 1 saturated heterocycles. The number of ether oxygens (including phenoxy) is 1. The van der Waals surface area contributed by atoms with E-state index < -0.39 is 5.60 Å². The maximum Gasteiger partial charge on any atom is 0.410 e. The van der Waals surface area contributed by atoms with Crippen molar-refractivity contribution in [3.63, 3.8) is 0 Å². The Morgan fingerprint density at radius 1 is 1.33 bits per heavy atom. The van der Waals surface area contributed by atoms with Crippen molar-refractivity contribution in [2.24, 2.45) is 5.41 Å². The first kappa shape index (κ1) is 15.3. The van der Waals surface area contributed by atoms with Crippen LogP contribution in [0.15, 0.2) is 0 Å². The summed E-state index contributed by atoms with van der Waals surface area (Å²) in [5.74, 6) is 0. The van der Waals surface area contributed by atoms with E-state index in [0.717, 1.165) is 19.5 Å². The van der Waals surface area contributed by atoms with Crippen molar-refractivity contribution < 1.29 is 9.53 Å². The normalized spacial score (nSPS) is 24.2. The van der Waals surface area contributed by atoms with Gasteiger partial charge in [-0.25, -0.2) is 4.79 Å².